The van der Waals surface area contributed by atoms with Gasteiger partial charge in [0.25, 0.3) is 0 Å². The van der Waals surface area contributed by atoms with Crippen molar-refractivity contribution in [2.75, 3.05) is 6.54 Å². The van der Waals surface area contributed by atoms with Crippen LogP contribution >= 0.6 is 0 Å². The van der Waals surface area contributed by atoms with Gasteiger partial charge < -0.3 is 24.2 Å². The third-order valence-corrected chi connectivity index (χ3v) is 7.04. The minimum Gasteiger partial charge on any atom is -0.391 e. The molecule has 0 aliphatic carbocycles. The molecule has 2 aromatic heterocycles. The van der Waals surface area contributed by atoms with Crippen molar-refractivity contribution in [3.63, 3.8) is 0 Å². The number of aliphatic hydroxyl groups excluding tert-OH is 2. The summed E-state index contributed by atoms with van der Waals surface area (Å²) in [5.41, 5.74) is 4.32. The van der Waals surface area contributed by atoms with Gasteiger partial charge in [-0.15, -0.1) is 0 Å². The minimum absolute atomic E-state index is 0.0515. The van der Waals surface area contributed by atoms with Gasteiger partial charge in [0.15, 0.2) is 0 Å². The van der Waals surface area contributed by atoms with Gasteiger partial charge in [-0.2, -0.15) is 0 Å². The maximum atomic E-state index is 13.7. The quantitative estimate of drug-likeness (QED) is 0.392. The van der Waals surface area contributed by atoms with E-state index in [0.717, 1.165) is 28.1 Å². The van der Waals surface area contributed by atoms with Gasteiger partial charge in [-0.3, -0.25) is 10.1 Å². The number of aromatic nitrogens is 2. The number of carbonyl (C=O) groups excluding carboxylic acids is 1. The molecule has 0 saturated carbocycles. The second-order valence-electron chi connectivity index (χ2n) is 11.4. The van der Waals surface area contributed by atoms with Gasteiger partial charge in [-0.05, 0) is 30.4 Å². The van der Waals surface area contributed by atoms with Crippen LogP contribution in [0, 0.1) is 12.8 Å². The van der Waals surface area contributed by atoms with Gasteiger partial charge in [0.2, 0.25) is 5.91 Å². The predicted molar refractivity (Wildman–Crippen MR) is 138 cm³/mol. The number of likely N-dealkylation sites (tertiary alicyclic amines) is 1. The van der Waals surface area contributed by atoms with E-state index in [4.69, 9.17) is 9.05 Å². The van der Waals surface area contributed by atoms with Crippen LogP contribution in [-0.2, 0) is 16.8 Å². The van der Waals surface area contributed by atoms with Crippen molar-refractivity contribution in [1.82, 2.24) is 20.5 Å². The Labute approximate surface area is 217 Å². The highest BCUT2D eigenvalue weighted by Crippen LogP contribution is 2.33. The van der Waals surface area contributed by atoms with E-state index in [2.05, 4.69) is 15.6 Å². The van der Waals surface area contributed by atoms with E-state index in [9.17, 15) is 15.0 Å². The van der Waals surface area contributed by atoms with Crippen LogP contribution in [0.15, 0.2) is 45.6 Å². The van der Waals surface area contributed by atoms with E-state index in [-0.39, 0.29) is 23.8 Å². The van der Waals surface area contributed by atoms with Crippen molar-refractivity contribution in [3.8, 4) is 11.1 Å². The average molecular weight is 511 g/mol. The molecule has 1 aliphatic heterocycles. The van der Waals surface area contributed by atoms with Gasteiger partial charge in [-0.25, -0.2) is 0 Å². The maximum absolute atomic E-state index is 13.7. The number of β-amino-alcohol motifs (C(OH)–C–C–N with tert-alkyl or cyclic N) is 1. The van der Waals surface area contributed by atoms with Crippen LogP contribution in [0.3, 0.4) is 0 Å². The number of hydrogen-bond donors (Lipinski definition) is 3. The molecule has 0 spiro atoms. The molecule has 1 amide bonds. The summed E-state index contributed by atoms with van der Waals surface area (Å²) < 4.78 is 10.6. The Hall–Kier alpha value is -3.01. The van der Waals surface area contributed by atoms with E-state index in [0.29, 0.717) is 18.7 Å². The average Bonchev–Trinajstić information content (AvgIpc) is 3.57. The summed E-state index contributed by atoms with van der Waals surface area (Å²) in [4.78, 5) is 15.3. The molecule has 0 bridgehead atoms. The highest BCUT2D eigenvalue weighted by Gasteiger charge is 2.43. The first-order valence-corrected chi connectivity index (χ1v) is 12.8. The molecule has 9 nitrogen and oxygen atoms in total. The van der Waals surface area contributed by atoms with Gasteiger partial charge >= 0.3 is 0 Å². The third-order valence-electron chi connectivity index (χ3n) is 7.04. The summed E-state index contributed by atoms with van der Waals surface area (Å²) in [6, 6.07) is 9.19. The normalized spacial score (nSPS) is 20.0. The SMILES string of the molecule is Cc1nocc1-c1ccc(CNC(O)C2CC(O)CN2C(=O)C(c2cc(C(C)(C)C)no2)C(C)C)cc1. The summed E-state index contributed by atoms with van der Waals surface area (Å²) in [7, 11) is 0. The summed E-state index contributed by atoms with van der Waals surface area (Å²) in [5, 5.41) is 32.7. The summed E-state index contributed by atoms with van der Waals surface area (Å²) in [5.74, 6) is -0.278. The lowest BCUT2D eigenvalue weighted by Crippen LogP contribution is -2.50. The Bertz CT molecular complexity index is 1190. The third kappa shape index (κ3) is 5.95. The van der Waals surface area contributed by atoms with Crippen molar-refractivity contribution in [2.24, 2.45) is 5.92 Å². The molecular weight excluding hydrogens is 472 g/mol. The molecule has 4 rings (SSSR count). The number of aliphatic hydroxyl groups is 2. The number of nitrogens with zero attached hydrogens (tertiary/aromatic N) is 3. The largest absolute Gasteiger partial charge is 0.391 e. The number of carbonyl (C=O) groups is 1. The Balaban J connectivity index is 1.44. The van der Waals surface area contributed by atoms with Gasteiger partial charge in [0, 0.05) is 30.1 Å². The molecule has 3 N–H and O–H groups in total. The summed E-state index contributed by atoms with van der Waals surface area (Å²) in [6.07, 6.45) is 0.203. The maximum Gasteiger partial charge on any atom is 0.234 e. The van der Waals surface area contributed by atoms with Crippen molar-refractivity contribution in [1.29, 1.82) is 0 Å². The lowest BCUT2D eigenvalue weighted by Gasteiger charge is -2.32. The first-order chi connectivity index (χ1) is 17.5. The molecule has 4 unspecified atom stereocenters. The van der Waals surface area contributed by atoms with Crippen molar-refractivity contribution in [3.05, 3.63) is 59.3 Å². The van der Waals surface area contributed by atoms with Crippen LogP contribution in [0.4, 0.5) is 0 Å². The first-order valence-electron chi connectivity index (χ1n) is 12.8. The molecule has 0 radical (unpaired) electrons. The molecule has 200 valence electrons. The van der Waals surface area contributed by atoms with Crippen LogP contribution in [0.2, 0.25) is 0 Å². The van der Waals surface area contributed by atoms with Crippen LogP contribution < -0.4 is 5.32 Å². The van der Waals surface area contributed by atoms with Crippen LogP contribution in [0.5, 0.6) is 0 Å². The number of hydrogen-bond acceptors (Lipinski definition) is 8. The Morgan fingerprint density at radius 1 is 1.22 bits per heavy atom. The number of benzene rings is 1. The highest BCUT2D eigenvalue weighted by molar-refractivity contribution is 5.84. The monoisotopic (exact) mass is 510 g/mol. The molecule has 37 heavy (non-hydrogen) atoms. The van der Waals surface area contributed by atoms with Crippen molar-refractivity contribution >= 4 is 5.91 Å². The number of aryl methyl sites for hydroxylation is 1. The van der Waals surface area contributed by atoms with Crippen molar-refractivity contribution < 1.29 is 24.1 Å². The lowest BCUT2D eigenvalue weighted by molar-refractivity contribution is -0.138. The topological polar surface area (TPSA) is 125 Å². The van der Waals surface area contributed by atoms with Crippen LogP contribution in [-0.4, -0.2) is 56.3 Å². The van der Waals surface area contributed by atoms with Gasteiger partial charge in [0.1, 0.15) is 24.2 Å². The van der Waals surface area contributed by atoms with E-state index >= 15 is 0 Å². The first kappa shape index (κ1) is 27.0. The molecule has 4 atom stereocenters. The Morgan fingerprint density at radius 3 is 2.49 bits per heavy atom. The number of rotatable bonds is 8. The lowest BCUT2D eigenvalue weighted by atomic mass is 9.88. The van der Waals surface area contributed by atoms with E-state index in [1.54, 1.807) is 11.2 Å². The zero-order valence-corrected chi connectivity index (χ0v) is 22.4. The molecule has 1 saturated heterocycles. The van der Waals surface area contributed by atoms with Crippen LogP contribution in [0.25, 0.3) is 11.1 Å². The standard InChI is InChI=1S/C28H38N4O5/c1-16(2)25(23-12-24(31-37-23)28(4,5)6)27(35)32-14-20(33)11-22(32)26(34)29-13-18-7-9-19(10-8-18)21-15-36-30-17(21)3/h7-10,12,15-16,20,22,25-26,29,33-34H,11,13-14H2,1-6H3. The summed E-state index contributed by atoms with van der Waals surface area (Å²) in [6.45, 7) is 12.5. The van der Waals surface area contributed by atoms with E-state index < -0.39 is 24.3 Å². The van der Waals surface area contributed by atoms with Gasteiger partial charge in [0.05, 0.1) is 23.5 Å². The predicted octanol–water partition coefficient (Wildman–Crippen LogP) is 3.75. The van der Waals surface area contributed by atoms with Crippen LogP contribution in [0.1, 0.15) is 69.7 Å². The zero-order valence-electron chi connectivity index (χ0n) is 22.4. The van der Waals surface area contributed by atoms with Gasteiger partial charge in [-0.1, -0.05) is 69.2 Å². The fourth-order valence-corrected chi connectivity index (χ4v) is 4.83. The molecule has 1 fully saturated rings. The summed E-state index contributed by atoms with van der Waals surface area (Å²) >= 11 is 0. The molecule has 1 aromatic carbocycles. The second kappa shape index (κ2) is 10.8. The highest BCUT2D eigenvalue weighted by atomic mass is 16.5. The smallest absolute Gasteiger partial charge is 0.234 e. The molecule has 3 aromatic rings. The van der Waals surface area contributed by atoms with E-state index in [1.165, 1.54) is 0 Å². The molecule has 3 heterocycles. The number of amides is 1. The zero-order chi connectivity index (χ0) is 26.9. The Morgan fingerprint density at radius 2 is 1.92 bits per heavy atom. The minimum atomic E-state index is -1.01. The Kier molecular flexibility index (Phi) is 7.87. The fraction of sp³-hybridized carbons (Fsp3) is 0.536. The van der Waals surface area contributed by atoms with E-state index in [1.807, 2.05) is 71.9 Å². The number of nitrogens with one attached hydrogen (secondary N) is 1. The molecule has 9 heteroatoms. The second-order valence-corrected chi connectivity index (χ2v) is 11.4. The molecule has 1 aliphatic rings. The fourth-order valence-electron chi connectivity index (χ4n) is 4.83. The van der Waals surface area contributed by atoms with Crippen molar-refractivity contribution in [2.45, 2.75) is 84.2 Å². The molecular formula is C28H38N4O5.